The second-order valence-electron chi connectivity index (χ2n) is 9.28. The highest BCUT2D eigenvalue weighted by Crippen LogP contribution is 2.34. The molecule has 0 saturated carbocycles. The van der Waals surface area contributed by atoms with Crippen molar-refractivity contribution in [3.63, 3.8) is 0 Å². The van der Waals surface area contributed by atoms with Gasteiger partial charge in [-0.3, -0.25) is 9.48 Å². The van der Waals surface area contributed by atoms with E-state index in [1.807, 2.05) is 97.0 Å². The summed E-state index contributed by atoms with van der Waals surface area (Å²) >= 11 is 0. The number of nitrogens with one attached hydrogen (secondary N) is 3. The van der Waals surface area contributed by atoms with Crippen molar-refractivity contribution in [2.24, 2.45) is 7.05 Å². The molecule has 0 fully saturated rings. The quantitative estimate of drug-likeness (QED) is 0.246. The van der Waals surface area contributed by atoms with Crippen molar-refractivity contribution in [2.75, 3.05) is 20.9 Å². The molecule has 0 saturated heterocycles. The maximum Gasteiger partial charge on any atom is 0.255 e. The van der Waals surface area contributed by atoms with Gasteiger partial charge >= 0.3 is 0 Å². The van der Waals surface area contributed by atoms with Crippen LogP contribution in [0.2, 0.25) is 0 Å². The van der Waals surface area contributed by atoms with Crippen molar-refractivity contribution >= 4 is 34.5 Å². The predicted molar refractivity (Wildman–Crippen MR) is 153 cm³/mol. The number of benzene rings is 3. The van der Waals surface area contributed by atoms with E-state index in [0.717, 1.165) is 33.9 Å². The Labute approximate surface area is 225 Å². The number of anilines is 5. The van der Waals surface area contributed by atoms with Crippen molar-refractivity contribution in [1.82, 2.24) is 14.8 Å². The first-order chi connectivity index (χ1) is 19.0. The van der Waals surface area contributed by atoms with Gasteiger partial charge in [-0.05, 0) is 60.7 Å². The number of aryl methyl sites for hydroxylation is 1. The maximum absolute atomic E-state index is 12.4. The fourth-order valence-electron chi connectivity index (χ4n) is 4.56. The molecule has 1 aliphatic rings. The van der Waals surface area contributed by atoms with E-state index >= 15 is 0 Å². The van der Waals surface area contributed by atoms with Gasteiger partial charge in [0, 0.05) is 58.9 Å². The highest BCUT2D eigenvalue weighted by Gasteiger charge is 2.27. The van der Waals surface area contributed by atoms with E-state index in [9.17, 15) is 9.90 Å². The normalized spacial score (nSPS) is 14.3. The standard InChI is InChI=1S/C30H27N7O2/c1-36-18-16-26(35-36)20-7-13-24(14-8-20)37-19-25-27(15-17-31-28(25)34-30(37)39)32-22-9-11-23(12-10-22)33-29(38)21-5-3-2-4-6-21/h2-18,30,39H,19H2,1H3,(H,33,38)(H2,31,32,34). The van der Waals surface area contributed by atoms with Crippen LogP contribution in [0.1, 0.15) is 15.9 Å². The van der Waals surface area contributed by atoms with E-state index in [0.29, 0.717) is 23.6 Å². The van der Waals surface area contributed by atoms with Gasteiger partial charge in [-0.15, -0.1) is 0 Å². The predicted octanol–water partition coefficient (Wildman–Crippen LogP) is 5.19. The number of fused-ring (bicyclic) bond motifs is 1. The van der Waals surface area contributed by atoms with Gasteiger partial charge in [0.2, 0.25) is 6.35 Å². The number of amides is 1. The number of aromatic nitrogens is 3. The average Bonchev–Trinajstić information content (AvgIpc) is 3.40. The Balaban J connectivity index is 1.18. The van der Waals surface area contributed by atoms with Gasteiger partial charge < -0.3 is 26.0 Å². The largest absolute Gasteiger partial charge is 0.356 e. The third-order valence-corrected chi connectivity index (χ3v) is 6.61. The zero-order valence-corrected chi connectivity index (χ0v) is 21.2. The molecule has 4 N–H and O–H groups in total. The molecular weight excluding hydrogens is 490 g/mol. The summed E-state index contributed by atoms with van der Waals surface area (Å²) in [7, 11) is 1.89. The lowest BCUT2D eigenvalue weighted by molar-refractivity contribution is 0.102. The van der Waals surface area contributed by atoms with Crippen LogP contribution in [0.3, 0.4) is 0 Å². The second-order valence-corrected chi connectivity index (χ2v) is 9.28. The molecule has 1 amide bonds. The first-order valence-electron chi connectivity index (χ1n) is 12.6. The van der Waals surface area contributed by atoms with Crippen LogP contribution in [0, 0.1) is 0 Å². The number of aliphatic hydroxyl groups is 1. The maximum atomic E-state index is 12.4. The topological polar surface area (TPSA) is 107 Å². The van der Waals surface area contributed by atoms with Crippen molar-refractivity contribution in [2.45, 2.75) is 12.9 Å². The molecular formula is C30H27N7O2. The molecule has 9 heteroatoms. The van der Waals surface area contributed by atoms with Crippen molar-refractivity contribution in [3.8, 4) is 11.3 Å². The number of carbonyl (C=O) groups excluding carboxylic acids is 1. The number of pyridine rings is 1. The van der Waals surface area contributed by atoms with Crippen LogP contribution < -0.4 is 20.9 Å². The summed E-state index contributed by atoms with van der Waals surface area (Å²) in [5, 5.41) is 24.8. The van der Waals surface area contributed by atoms with E-state index < -0.39 is 6.35 Å². The molecule has 6 rings (SSSR count). The minimum absolute atomic E-state index is 0.155. The third kappa shape index (κ3) is 5.16. The molecule has 0 spiro atoms. The number of hydrogen-bond acceptors (Lipinski definition) is 7. The van der Waals surface area contributed by atoms with Gasteiger partial charge in [0.1, 0.15) is 5.82 Å². The highest BCUT2D eigenvalue weighted by atomic mass is 16.3. The molecule has 9 nitrogen and oxygen atoms in total. The molecule has 0 bridgehead atoms. The highest BCUT2D eigenvalue weighted by molar-refractivity contribution is 6.04. The monoisotopic (exact) mass is 517 g/mol. The van der Waals surface area contributed by atoms with Crippen LogP contribution >= 0.6 is 0 Å². The number of carbonyl (C=O) groups is 1. The first-order valence-corrected chi connectivity index (χ1v) is 12.6. The zero-order chi connectivity index (χ0) is 26.8. The molecule has 1 aliphatic heterocycles. The van der Waals surface area contributed by atoms with Gasteiger partial charge in [-0.1, -0.05) is 30.3 Å². The Morgan fingerprint density at radius 3 is 2.41 bits per heavy atom. The van der Waals surface area contributed by atoms with Gasteiger partial charge in [0.05, 0.1) is 12.2 Å². The van der Waals surface area contributed by atoms with Crippen molar-refractivity contribution < 1.29 is 9.90 Å². The summed E-state index contributed by atoms with van der Waals surface area (Å²) in [5.74, 6) is 0.470. The van der Waals surface area contributed by atoms with Crippen LogP contribution in [0.25, 0.3) is 11.3 Å². The van der Waals surface area contributed by atoms with E-state index in [1.54, 1.807) is 23.0 Å². The average molecular weight is 518 g/mol. The Morgan fingerprint density at radius 2 is 1.69 bits per heavy atom. The lowest BCUT2D eigenvalue weighted by Crippen LogP contribution is -2.44. The number of hydrogen-bond donors (Lipinski definition) is 4. The lowest BCUT2D eigenvalue weighted by Gasteiger charge is -2.36. The second kappa shape index (κ2) is 10.3. The van der Waals surface area contributed by atoms with Crippen molar-refractivity contribution in [3.05, 3.63) is 115 Å². The van der Waals surface area contributed by atoms with Crippen molar-refractivity contribution in [1.29, 1.82) is 0 Å². The Morgan fingerprint density at radius 1 is 0.949 bits per heavy atom. The molecule has 2 aromatic heterocycles. The van der Waals surface area contributed by atoms with E-state index in [1.165, 1.54) is 0 Å². The molecule has 5 aromatic rings. The summed E-state index contributed by atoms with van der Waals surface area (Å²) in [6.07, 6.45) is 2.69. The molecule has 0 radical (unpaired) electrons. The minimum atomic E-state index is -0.923. The summed E-state index contributed by atoms with van der Waals surface area (Å²) in [6.45, 7) is 0.452. The van der Waals surface area contributed by atoms with Crippen LogP contribution in [0.15, 0.2) is 103 Å². The SMILES string of the molecule is Cn1ccc(-c2ccc(N3Cc4c(Nc5ccc(NC(=O)c6ccccc6)cc5)ccnc4NC3O)cc2)n1. The summed E-state index contributed by atoms with van der Waals surface area (Å²) in [6, 6.07) is 28.5. The Bertz CT molecular complexity index is 1600. The smallest absolute Gasteiger partial charge is 0.255 e. The van der Waals surface area contributed by atoms with Crippen LogP contribution in [-0.4, -0.2) is 32.1 Å². The Kier molecular flexibility index (Phi) is 6.40. The summed E-state index contributed by atoms with van der Waals surface area (Å²) < 4.78 is 1.77. The Hall–Kier alpha value is -5.15. The fourth-order valence-corrected chi connectivity index (χ4v) is 4.56. The lowest BCUT2D eigenvalue weighted by atomic mass is 10.1. The number of aliphatic hydroxyl groups excluding tert-OH is 1. The van der Waals surface area contributed by atoms with Gasteiger partial charge in [-0.25, -0.2) is 4.98 Å². The van der Waals surface area contributed by atoms with Gasteiger partial charge in [0.25, 0.3) is 5.91 Å². The molecule has 1 unspecified atom stereocenters. The van der Waals surface area contributed by atoms with E-state index in [-0.39, 0.29) is 5.91 Å². The minimum Gasteiger partial charge on any atom is -0.356 e. The van der Waals surface area contributed by atoms with Gasteiger partial charge in [-0.2, -0.15) is 5.10 Å². The van der Waals surface area contributed by atoms with Crippen LogP contribution in [0.4, 0.5) is 28.6 Å². The molecule has 39 heavy (non-hydrogen) atoms. The summed E-state index contributed by atoms with van der Waals surface area (Å²) in [4.78, 5) is 18.8. The fraction of sp³-hybridized carbons (Fsp3) is 0.100. The summed E-state index contributed by atoms with van der Waals surface area (Å²) in [5.41, 5.74) is 6.74. The van der Waals surface area contributed by atoms with Crippen LogP contribution in [0.5, 0.6) is 0 Å². The molecule has 1 atom stereocenters. The molecule has 194 valence electrons. The van der Waals surface area contributed by atoms with Gasteiger partial charge in [0.15, 0.2) is 0 Å². The first kappa shape index (κ1) is 24.2. The number of rotatable bonds is 6. The molecule has 3 aromatic carbocycles. The van der Waals surface area contributed by atoms with Crippen LogP contribution in [-0.2, 0) is 13.6 Å². The zero-order valence-electron chi connectivity index (χ0n) is 21.2. The van der Waals surface area contributed by atoms with E-state index in [4.69, 9.17) is 0 Å². The molecule has 3 heterocycles. The van der Waals surface area contributed by atoms with E-state index in [2.05, 4.69) is 26.0 Å². The third-order valence-electron chi connectivity index (χ3n) is 6.61. The molecule has 0 aliphatic carbocycles. The number of nitrogens with zero attached hydrogens (tertiary/aromatic N) is 4.